The molecule has 1 aliphatic heterocycles. The van der Waals surface area contributed by atoms with E-state index >= 15 is 0 Å². The van der Waals surface area contributed by atoms with Gasteiger partial charge in [0.05, 0.1) is 18.8 Å². The first-order valence-corrected chi connectivity index (χ1v) is 12.6. The fourth-order valence-corrected chi connectivity index (χ4v) is 5.08. The van der Waals surface area contributed by atoms with Gasteiger partial charge < -0.3 is 19.7 Å². The Hall–Kier alpha value is -3.09. The average Bonchev–Trinajstić information content (AvgIpc) is 2.83. The molecule has 0 saturated carbocycles. The number of allylic oxidation sites excluding steroid dienone is 3. The Labute approximate surface area is 208 Å². The largest absolute Gasteiger partial charge is 0.468 e. The number of ether oxygens (including phenoxy) is 2. The molecule has 0 amide bonds. The summed E-state index contributed by atoms with van der Waals surface area (Å²) in [4.78, 5) is 42.0. The van der Waals surface area contributed by atoms with Crippen LogP contribution in [0.4, 0.5) is 5.69 Å². The van der Waals surface area contributed by atoms with Crippen LogP contribution in [0.1, 0.15) is 65.9 Å². The molecular weight excluding hydrogens is 444 g/mol. The smallest absolute Gasteiger partial charge is 0.337 e. The van der Waals surface area contributed by atoms with E-state index in [4.69, 9.17) is 9.47 Å². The quantitative estimate of drug-likeness (QED) is 0.432. The molecule has 1 aromatic carbocycles. The molecule has 1 heterocycles. The number of anilines is 1. The summed E-state index contributed by atoms with van der Waals surface area (Å²) in [6, 6.07) is 7.98. The third kappa shape index (κ3) is 5.14. The topological polar surface area (TPSA) is 84.9 Å². The van der Waals surface area contributed by atoms with Gasteiger partial charge in [0.1, 0.15) is 5.92 Å². The van der Waals surface area contributed by atoms with Crippen LogP contribution in [0.5, 0.6) is 0 Å². The van der Waals surface area contributed by atoms with E-state index in [1.807, 2.05) is 52.0 Å². The highest BCUT2D eigenvalue weighted by Crippen LogP contribution is 2.45. The maximum absolute atomic E-state index is 13.8. The van der Waals surface area contributed by atoms with Crippen LogP contribution in [-0.4, -0.2) is 44.0 Å². The summed E-state index contributed by atoms with van der Waals surface area (Å²) in [5.41, 5.74) is 4.19. The molecule has 7 heteroatoms. The fraction of sp³-hybridized carbons (Fsp3) is 0.536. The number of nitrogens with one attached hydrogen (secondary N) is 1. The van der Waals surface area contributed by atoms with Crippen LogP contribution in [-0.2, 0) is 23.9 Å². The minimum absolute atomic E-state index is 0.215. The molecule has 0 bridgehead atoms. The lowest BCUT2D eigenvalue weighted by atomic mass is 9.69. The van der Waals surface area contributed by atoms with Crippen LogP contribution in [0, 0.1) is 11.8 Å². The Morgan fingerprint density at radius 2 is 1.77 bits per heavy atom. The second-order valence-electron chi connectivity index (χ2n) is 9.42. The molecule has 1 aromatic rings. The van der Waals surface area contributed by atoms with Crippen LogP contribution in [0.15, 0.2) is 46.8 Å². The van der Waals surface area contributed by atoms with Crippen molar-refractivity contribution in [2.24, 2.45) is 11.8 Å². The molecule has 2 aliphatic rings. The van der Waals surface area contributed by atoms with Crippen LogP contribution in [0.2, 0.25) is 0 Å². The zero-order chi connectivity index (χ0) is 25.9. The lowest BCUT2D eigenvalue weighted by Gasteiger charge is -2.38. The summed E-state index contributed by atoms with van der Waals surface area (Å²) < 4.78 is 10.7. The molecule has 0 saturated heterocycles. The zero-order valence-corrected chi connectivity index (χ0v) is 21.9. The average molecular weight is 483 g/mol. The van der Waals surface area contributed by atoms with Crippen molar-refractivity contribution >= 4 is 23.4 Å². The molecule has 0 unspecified atom stereocenters. The summed E-state index contributed by atoms with van der Waals surface area (Å²) in [6.07, 6.45) is 0.942. The molecule has 190 valence electrons. The summed E-state index contributed by atoms with van der Waals surface area (Å²) in [7, 11) is 1.30. The molecule has 1 N–H and O–H groups in total. The van der Waals surface area contributed by atoms with E-state index in [0.717, 1.165) is 30.0 Å². The third-order valence-electron chi connectivity index (χ3n) is 7.20. The highest BCUT2D eigenvalue weighted by atomic mass is 16.5. The monoisotopic (exact) mass is 482 g/mol. The Morgan fingerprint density at radius 1 is 1.14 bits per heavy atom. The number of Topliss-reactive ketones (excluding diaryl/α,β-unsaturated/α-hetero) is 1. The number of nitrogens with zero attached hydrogens (tertiary/aromatic N) is 1. The summed E-state index contributed by atoms with van der Waals surface area (Å²) in [5.74, 6) is -3.02. The highest BCUT2D eigenvalue weighted by Gasteiger charge is 2.47. The molecule has 1 aliphatic carbocycles. The van der Waals surface area contributed by atoms with Gasteiger partial charge >= 0.3 is 11.9 Å². The number of esters is 2. The molecule has 7 nitrogen and oxygen atoms in total. The van der Waals surface area contributed by atoms with Crippen molar-refractivity contribution in [2.75, 3.05) is 25.1 Å². The van der Waals surface area contributed by atoms with E-state index in [-0.39, 0.29) is 17.8 Å². The predicted molar refractivity (Wildman–Crippen MR) is 136 cm³/mol. The van der Waals surface area contributed by atoms with E-state index in [1.165, 1.54) is 7.11 Å². The van der Waals surface area contributed by atoms with Crippen molar-refractivity contribution in [3.63, 3.8) is 0 Å². The van der Waals surface area contributed by atoms with Gasteiger partial charge in [0.25, 0.3) is 0 Å². The minimum atomic E-state index is -0.900. The number of ketones is 1. The second kappa shape index (κ2) is 11.1. The first kappa shape index (κ1) is 26.5. The van der Waals surface area contributed by atoms with Gasteiger partial charge in [-0.1, -0.05) is 26.0 Å². The minimum Gasteiger partial charge on any atom is -0.468 e. The van der Waals surface area contributed by atoms with Crippen molar-refractivity contribution in [2.45, 2.75) is 66.4 Å². The van der Waals surface area contributed by atoms with Crippen molar-refractivity contribution in [3.8, 4) is 0 Å². The highest BCUT2D eigenvalue weighted by molar-refractivity contribution is 6.12. The number of hydrogen-bond acceptors (Lipinski definition) is 7. The van der Waals surface area contributed by atoms with E-state index < -0.39 is 23.8 Å². The summed E-state index contributed by atoms with van der Waals surface area (Å²) in [6.45, 7) is 13.5. The van der Waals surface area contributed by atoms with Gasteiger partial charge in [0, 0.05) is 41.7 Å². The fourth-order valence-electron chi connectivity index (χ4n) is 5.08. The number of benzene rings is 1. The number of carbonyl (C=O) groups is 3. The Kier molecular flexibility index (Phi) is 8.41. The zero-order valence-electron chi connectivity index (χ0n) is 21.9. The first-order valence-electron chi connectivity index (χ1n) is 12.6. The molecular formula is C28H38N2O5. The van der Waals surface area contributed by atoms with Gasteiger partial charge in [0.15, 0.2) is 5.78 Å². The molecule has 3 rings (SSSR count). The second-order valence-corrected chi connectivity index (χ2v) is 9.42. The molecule has 4 atom stereocenters. The maximum Gasteiger partial charge on any atom is 0.337 e. The summed E-state index contributed by atoms with van der Waals surface area (Å²) in [5, 5.41) is 3.30. The van der Waals surface area contributed by atoms with Gasteiger partial charge in [0.2, 0.25) is 0 Å². The van der Waals surface area contributed by atoms with Crippen molar-refractivity contribution < 1.29 is 23.9 Å². The predicted octanol–water partition coefficient (Wildman–Crippen LogP) is 4.49. The van der Waals surface area contributed by atoms with E-state index in [9.17, 15) is 14.4 Å². The van der Waals surface area contributed by atoms with Gasteiger partial charge in [-0.2, -0.15) is 0 Å². The SMILES string of the molecule is CC[C@H](C)OC(=O)C1=C(C)NC2=C(C(=O)[C@H](C(=O)OC)[C@@H](C)C2)[C@H]1c1ccc(N(CC)CC)cc1. The summed E-state index contributed by atoms with van der Waals surface area (Å²) >= 11 is 0. The lowest BCUT2D eigenvalue weighted by Crippen LogP contribution is -2.43. The molecule has 35 heavy (non-hydrogen) atoms. The molecule has 0 spiro atoms. The van der Waals surface area contributed by atoms with E-state index in [1.54, 1.807) is 0 Å². The van der Waals surface area contributed by atoms with Gasteiger partial charge in [-0.15, -0.1) is 0 Å². The maximum atomic E-state index is 13.8. The van der Waals surface area contributed by atoms with Crippen molar-refractivity contribution in [1.29, 1.82) is 0 Å². The van der Waals surface area contributed by atoms with Gasteiger partial charge in [-0.25, -0.2) is 4.79 Å². The van der Waals surface area contributed by atoms with Crippen molar-refractivity contribution in [1.82, 2.24) is 5.32 Å². The molecule has 0 radical (unpaired) electrons. The number of methoxy groups -OCH3 is 1. The lowest BCUT2D eigenvalue weighted by molar-refractivity contribution is -0.151. The van der Waals surface area contributed by atoms with E-state index in [0.29, 0.717) is 29.7 Å². The van der Waals surface area contributed by atoms with Gasteiger partial charge in [-0.3, -0.25) is 9.59 Å². The molecule has 0 aromatic heterocycles. The van der Waals surface area contributed by atoms with Crippen molar-refractivity contribution in [3.05, 3.63) is 52.4 Å². The van der Waals surface area contributed by atoms with Crippen LogP contribution in [0.3, 0.4) is 0 Å². The number of dihydropyridines is 1. The van der Waals surface area contributed by atoms with Crippen LogP contribution in [0.25, 0.3) is 0 Å². The normalized spacial score (nSPS) is 22.8. The van der Waals surface area contributed by atoms with Gasteiger partial charge in [-0.05, 0) is 64.2 Å². The number of hydrogen-bond donors (Lipinski definition) is 1. The first-order chi connectivity index (χ1) is 16.7. The van der Waals surface area contributed by atoms with Crippen LogP contribution < -0.4 is 10.2 Å². The van der Waals surface area contributed by atoms with Crippen LogP contribution >= 0.6 is 0 Å². The Bertz CT molecular complexity index is 1040. The third-order valence-corrected chi connectivity index (χ3v) is 7.20. The Morgan fingerprint density at radius 3 is 2.31 bits per heavy atom. The van der Waals surface area contributed by atoms with E-state index in [2.05, 4.69) is 24.1 Å². The number of rotatable bonds is 8. The Balaban J connectivity index is 2.15. The standard InChI is InChI=1S/C28H38N2O5/c1-8-17(5)35-28(33)23-18(6)29-21-15-16(4)22(27(32)34-7)26(31)25(21)24(23)19-11-13-20(14-12-19)30(9-2)10-3/h11-14,16-17,22,24,29H,8-10,15H2,1-7H3/t16-,17-,22+,24-/m0/s1. The molecule has 0 fully saturated rings. The number of carbonyl (C=O) groups excluding carboxylic acids is 3.